The number of nitrogen functional groups attached to an aromatic ring is 1. The average Bonchev–Trinajstić information content (AvgIpc) is 2.35. The number of phenolic OH excluding ortho intramolecular Hbond substituents is 1. The van der Waals surface area contributed by atoms with Gasteiger partial charge in [0.1, 0.15) is 5.75 Å². The van der Waals surface area contributed by atoms with Gasteiger partial charge in [-0.3, -0.25) is 9.78 Å². The monoisotopic (exact) mass is 243 g/mol. The third kappa shape index (κ3) is 2.40. The van der Waals surface area contributed by atoms with E-state index in [-0.39, 0.29) is 17.2 Å². The number of aromatic hydroxyl groups is 1. The summed E-state index contributed by atoms with van der Waals surface area (Å²) in [4.78, 5) is 16.1. The van der Waals surface area contributed by atoms with Gasteiger partial charge in [0, 0.05) is 11.9 Å². The molecule has 4 N–H and O–H groups in total. The summed E-state index contributed by atoms with van der Waals surface area (Å²) in [5.41, 5.74) is 7.57. The molecule has 0 unspecified atom stereocenters. The van der Waals surface area contributed by atoms with Crippen LogP contribution in [0.3, 0.4) is 0 Å². The van der Waals surface area contributed by atoms with Crippen LogP contribution < -0.4 is 11.1 Å². The van der Waals surface area contributed by atoms with Gasteiger partial charge in [0.05, 0.1) is 16.9 Å². The zero-order valence-electron chi connectivity index (χ0n) is 9.84. The Kier molecular flexibility index (Phi) is 3.14. The second-order valence-corrected chi connectivity index (χ2v) is 3.86. The van der Waals surface area contributed by atoms with Gasteiger partial charge in [-0.15, -0.1) is 0 Å². The molecule has 0 atom stereocenters. The van der Waals surface area contributed by atoms with E-state index in [0.29, 0.717) is 17.1 Å². The number of nitrogens with zero attached hydrogens (tertiary/aromatic N) is 1. The molecule has 2 rings (SSSR count). The van der Waals surface area contributed by atoms with Crippen molar-refractivity contribution in [1.82, 2.24) is 4.98 Å². The Balaban J connectivity index is 2.28. The van der Waals surface area contributed by atoms with E-state index in [4.69, 9.17) is 5.73 Å². The van der Waals surface area contributed by atoms with Crippen molar-refractivity contribution in [2.45, 2.75) is 6.92 Å². The van der Waals surface area contributed by atoms with E-state index in [0.717, 1.165) is 0 Å². The summed E-state index contributed by atoms with van der Waals surface area (Å²) in [6, 6.07) is 7.73. The molecule has 0 aliphatic rings. The normalized spacial score (nSPS) is 10.1. The van der Waals surface area contributed by atoms with Crippen molar-refractivity contribution in [3.63, 3.8) is 0 Å². The summed E-state index contributed by atoms with van der Waals surface area (Å²) in [5.74, 6) is -0.378. The van der Waals surface area contributed by atoms with E-state index in [2.05, 4.69) is 10.3 Å². The second-order valence-electron chi connectivity index (χ2n) is 3.86. The van der Waals surface area contributed by atoms with E-state index < -0.39 is 0 Å². The average molecular weight is 243 g/mol. The molecule has 1 aromatic heterocycles. The Hall–Kier alpha value is -2.56. The van der Waals surface area contributed by atoms with Gasteiger partial charge in [-0.1, -0.05) is 0 Å². The molecule has 1 heterocycles. The summed E-state index contributed by atoms with van der Waals surface area (Å²) in [5, 5.41) is 12.1. The molecule has 0 aliphatic carbocycles. The third-order valence-corrected chi connectivity index (χ3v) is 2.54. The number of aryl methyl sites for hydroxylation is 1. The van der Waals surface area contributed by atoms with Crippen LogP contribution in [0.4, 0.5) is 11.4 Å². The summed E-state index contributed by atoms with van der Waals surface area (Å²) in [7, 11) is 0. The molecule has 0 bridgehead atoms. The van der Waals surface area contributed by atoms with E-state index in [1.165, 1.54) is 18.2 Å². The molecule has 18 heavy (non-hydrogen) atoms. The minimum absolute atomic E-state index is 0.00254. The number of nitrogens with one attached hydrogen (secondary N) is 1. The SMILES string of the molecule is Cc1ncccc1NC(=O)c1cc(O)ccc1N. The minimum Gasteiger partial charge on any atom is -0.508 e. The molecular weight excluding hydrogens is 230 g/mol. The number of hydrogen-bond donors (Lipinski definition) is 3. The maximum Gasteiger partial charge on any atom is 0.257 e. The molecule has 0 saturated heterocycles. The van der Waals surface area contributed by atoms with Crippen molar-refractivity contribution in [2.24, 2.45) is 0 Å². The van der Waals surface area contributed by atoms with Gasteiger partial charge in [-0.25, -0.2) is 0 Å². The zero-order chi connectivity index (χ0) is 13.1. The third-order valence-electron chi connectivity index (χ3n) is 2.54. The smallest absolute Gasteiger partial charge is 0.257 e. The van der Waals surface area contributed by atoms with Crippen LogP contribution in [0, 0.1) is 6.92 Å². The number of carbonyl (C=O) groups excluding carboxylic acids is 1. The fraction of sp³-hybridized carbons (Fsp3) is 0.0769. The molecule has 2 aromatic rings. The number of aromatic nitrogens is 1. The van der Waals surface area contributed by atoms with Crippen molar-refractivity contribution >= 4 is 17.3 Å². The van der Waals surface area contributed by atoms with Crippen LogP contribution in [-0.4, -0.2) is 16.0 Å². The first-order chi connectivity index (χ1) is 8.58. The van der Waals surface area contributed by atoms with E-state index >= 15 is 0 Å². The number of rotatable bonds is 2. The fourth-order valence-corrected chi connectivity index (χ4v) is 1.55. The fourth-order valence-electron chi connectivity index (χ4n) is 1.55. The van der Waals surface area contributed by atoms with Crippen LogP contribution in [0.15, 0.2) is 36.5 Å². The molecule has 1 amide bonds. The lowest BCUT2D eigenvalue weighted by Crippen LogP contribution is -2.14. The molecular formula is C13H13N3O2. The van der Waals surface area contributed by atoms with Crippen molar-refractivity contribution in [3.05, 3.63) is 47.8 Å². The highest BCUT2D eigenvalue weighted by molar-refractivity contribution is 6.08. The molecule has 5 heteroatoms. The lowest BCUT2D eigenvalue weighted by atomic mass is 10.1. The van der Waals surface area contributed by atoms with Crippen molar-refractivity contribution < 1.29 is 9.90 Å². The molecule has 0 saturated carbocycles. The Morgan fingerprint density at radius 2 is 2.17 bits per heavy atom. The van der Waals surface area contributed by atoms with Crippen LogP contribution in [0.5, 0.6) is 5.75 Å². The molecule has 0 radical (unpaired) electrons. The lowest BCUT2D eigenvalue weighted by molar-refractivity contribution is 0.102. The van der Waals surface area contributed by atoms with E-state index in [9.17, 15) is 9.90 Å². The Bertz CT molecular complexity index is 597. The number of benzene rings is 1. The Morgan fingerprint density at radius 3 is 2.89 bits per heavy atom. The molecule has 1 aromatic carbocycles. The van der Waals surface area contributed by atoms with Crippen LogP contribution in [-0.2, 0) is 0 Å². The first-order valence-corrected chi connectivity index (χ1v) is 5.39. The van der Waals surface area contributed by atoms with Gasteiger partial charge in [-0.05, 0) is 37.3 Å². The van der Waals surface area contributed by atoms with Gasteiger partial charge in [0.15, 0.2) is 0 Å². The predicted octanol–water partition coefficient (Wildman–Crippen LogP) is 1.93. The highest BCUT2D eigenvalue weighted by Crippen LogP contribution is 2.20. The molecule has 0 aliphatic heterocycles. The van der Waals surface area contributed by atoms with Gasteiger partial charge >= 0.3 is 0 Å². The largest absolute Gasteiger partial charge is 0.508 e. The van der Waals surface area contributed by atoms with Crippen molar-refractivity contribution in [1.29, 1.82) is 0 Å². The van der Waals surface area contributed by atoms with Gasteiger partial charge in [0.25, 0.3) is 5.91 Å². The quantitative estimate of drug-likeness (QED) is 0.555. The number of anilines is 2. The van der Waals surface area contributed by atoms with E-state index in [1.54, 1.807) is 25.3 Å². The van der Waals surface area contributed by atoms with Crippen LogP contribution in [0.1, 0.15) is 16.1 Å². The highest BCUT2D eigenvalue weighted by Gasteiger charge is 2.11. The first kappa shape index (κ1) is 11.9. The van der Waals surface area contributed by atoms with Crippen LogP contribution in [0.2, 0.25) is 0 Å². The zero-order valence-corrected chi connectivity index (χ0v) is 9.84. The van der Waals surface area contributed by atoms with Gasteiger partial charge < -0.3 is 16.2 Å². The van der Waals surface area contributed by atoms with Gasteiger partial charge in [-0.2, -0.15) is 0 Å². The topological polar surface area (TPSA) is 88.2 Å². The standard InChI is InChI=1S/C13H13N3O2/c1-8-12(3-2-6-15-8)16-13(18)10-7-9(17)4-5-11(10)14/h2-7,17H,14H2,1H3,(H,16,18). The summed E-state index contributed by atoms with van der Waals surface area (Å²) >= 11 is 0. The van der Waals surface area contributed by atoms with Crippen LogP contribution >= 0.6 is 0 Å². The number of phenols is 1. The number of carbonyl (C=O) groups is 1. The molecule has 5 nitrogen and oxygen atoms in total. The number of hydrogen-bond acceptors (Lipinski definition) is 4. The number of amides is 1. The number of nitrogens with two attached hydrogens (primary N) is 1. The maximum absolute atomic E-state index is 12.0. The first-order valence-electron chi connectivity index (χ1n) is 5.39. The lowest BCUT2D eigenvalue weighted by Gasteiger charge is -2.09. The predicted molar refractivity (Wildman–Crippen MR) is 69.4 cm³/mol. The van der Waals surface area contributed by atoms with E-state index in [1.807, 2.05) is 0 Å². The number of pyridine rings is 1. The molecule has 92 valence electrons. The highest BCUT2D eigenvalue weighted by atomic mass is 16.3. The van der Waals surface area contributed by atoms with Gasteiger partial charge in [0.2, 0.25) is 0 Å². The summed E-state index contributed by atoms with van der Waals surface area (Å²) in [6.45, 7) is 1.79. The summed E-state index contributed by atoms with van der Waals surface area (Å²) in [6.07, 6.45) is 1.65. The van der Waals surface area contributed by atoms with Crippen molar-refractivity contribution in [2.75, 3.05) is 11.1 Å². The van der Waals surface area contributed by atoms with Crippen molar-refractivity contribution in [3.8, 4) is 5.75 Å². The maximum atomic E-state index is 12.0. The molecule has 0 spiro atoms. The second kappa shape index (κ2) is 4.75. The minimum atomic E-state index is -0.375. The summed E-state index contributed by atoms with van der Waals surface area (Å²) < 4.78 is 0. The molecule has 0 fully saturated rings. The Morgan fingerprint density at radius 1 is 1.39 bits per heavy atom. The Labute approximate surface area is 104 Å². The van der Waals surface area contributed by atoms with Crippen LogP contribution in [0.25, 0.3) is 0 Å².